The molecule has 0 spiro atoms. The summed E-state index contributed by atoms with van der Waals surface area (Å²) in [5, 5.41) is 9.45. The van der Waals surface area contributed by atoms with Gasteiger partial charge >= 0.3 is 0 Å². The van der Waals surface area contributed by atoms with Gasteiger partial charge in [0.2, 0.25) is 0 Å². The van der Waals surface area contributed by atoms with E-state index in [4.69, 9.17) is 10.5 Å². The summed E-state index contributed by atoms with van der Waals surface area (Å²) in [5.74, 6) is 0.672. The normalized spacial score (nSPS) is 11.6. The molecular weight excluding hydrogens is 256 g/mol. The number of aliphatic hydroxyl groups is 1. The van der Waals surface area contributed by atoms with Crippen molar-refractivity contribution in [3.8, 4) is 0 Å². The Bertz CT molecular complexity index is 568. The number of imidazole rings is 1. The molecule has 20 heavy (non-hydrogen) atoms. The van der Waals surface area contributed by atoms with Gasteiger partial charge in [-0.2, -0.15) is 0 Å². The summed E-state index contributed by atoms with van der Waals surface area (Å²) in [4.78, 5) is 6.61. The van der Waals surface area contributed by atoms with E-state index in [0.29, 0.717) is 18.1 Å². The number of aliphatic hydroxyl groups excluding tert-OH is 1. The summed E-state index contributed by atoms with van der Waals surface area (Å²) in [7, 11) is 3.75. The first-order valence-electron chi connectivity index (χ1n) is 6.68. The Kier molecular flexibility index (Phi) is 4.94. The van der Waals surface area contributed by atoms with Crippen LogP contribution in [0.25, 0.3) is 11.0 Å². The lowest BCUT2D eigenvalue weighted by molar-refractivity contribution is 0.159. The lowest BCUT2D eigenvalue weighted by Gasteiger charge is -2.17. The van der Waals surface area contributed by atoms with Crippen molar-refractivity contribution in [1.29, 1.82) is 0 Å². The van der Waals surface area contributed by atoms with Gasteiger partial charge in [-0.25, -0.2) is 4.98 Å². The molecule has 110 valence electrons. The van der Waals surface area contributed by atoms with E-state index in [0.717, 1.165) is 30.7 Å². The van der Waals surface area contributed by atoms with Crippen LogP contribution < -0.4 is 5.73 Å². The summed E-state index contributed by atoms with van der Waals surface area (Å²) in [6.07, 6.45) is 0. The zero-order valence-electron chi connectivity index (χ0n) is 12.0. The van der Waals surface area contributed by atoms with Gasteiger partial charge in [-0.05, 0) is 25.2 Å². The molecule has 0 atom stereocenters. The molecule has 0 bridgehead atoms. The van der Waals surface area contributed by atoms with Crippen LogP contribution in [0.15, 0.2) is 18.2 Å². The Morgan fingerprint density at radius 3 is 2.90 bits per heavy atom. The minimum absolute atomic E-state index is 0.0730. The molecular formula is C14H22N4O2. The lowest BCUT2D eigenvalue weighted by atomic mass is 10.3. The number of nitrogen functional groups attached to an aromatic ring is 1. The molecule has 6 nitrogen and oxygen atoms in total. The smallest absolute Gasteiger partial charge is 0.135 e. The SMILES string of the molecule is COCCN(C)CCn1c(CO)nc2cc(N)ccc21. The van der Waals surface area contributed by atoms with Crippen molar-refractivity contribution in [3.05, 3.63) is 24.0 Å². The van der Waals surface area contributed by atoms with Crippen LogP contribution in [0, 0.1) is 0 Å². The quantitative estimate of drug-likeness (QED) is 0.729. The Hall–Kier alpha value is -1.63. The lowest BCUT2D eigenvalue weighted by Crippen LogP contribution is -2.27. The van der Waals surface area contributed by atoms with Gasteiger partial charge in [-0.3, -0.25) is 0 Å². The summed E-state index contributed by atoms with van der Waals surface area (Å²) < 4.78 is 7.10. The highest BCUT2D eigenvalue weighted by atomic mass is 16.5. The third kappa shape index (κ3) is 3.27. The molecule has 0 aliphatic rings. The van der Waals surface area contributed by atoms with Gasteiger partial charge in [0.1, 0.15) is 12.4 Å². The number of benzene rings is 1. The topological polar surface area (TPSA) is 76.5 Å². The minimum Gasteiger partial charge on any atom is -0.399 e. The maximum Gasteiger partial charge on any atom is 0.135 e. The van der Waals surface area contributed by atoms with Gasteiger partial charge in [0.05, 0.1) is 17.6 Å². The first kappa shape index (κ1) is 14.8. The highest BCUT2D eigenvalue weighted by Crippen LogP contribution is 2.19. The molecule has 0 radical (unpaired) electrons. The predicted octanol–water partition coefficient (Wildman–Crippen LogP) is 0.689. The summed E-state index contributed by atoms with van der Waals surface area (Å²) >= 11 is 0. The standard InChI is InChI=1S/C14H22N4O2/c1-17(7-8-20-2)5-6-18-13-4-3-11(15)9-12(13)16-14(18)10-19/h3-4,9,19H,5-8,10,15H2,1-2H3. The van der Waals surface area contributed by atoms with E-state index in [9.17, 15) is 5.11 Å². The molecule has 1 heterocycles. The van der Waals surface area contributed by atoms with E-state index >= 15 is 0 Å². The van der Waals surface area contributed by atoms with Crippen molar-refractivity contribution in [2.24, 2.45) is 0 Å². The van der Waals surface area contributed by atoms with Crippen molar-refractivity contribution in [2.45, 2.75) is 13.2 Å². The van der Waals surface area contributed by atoms with Crippen molar-refractivity contribution in [2.75, 3.05) is 39.6 Å². The summed E-state index contributed by atoms with van der Waals surface area (Å²) in [5.41, 5.74) is 8.28. The first-order chi connectivity index (χ1) is 9.65. The van der Waals surface area contributed by atoms with E-state index in [1.165, 1.54) is 0 Å². The van der Waals surface area contributed by atoms with Gasteiger partial charge < -0.3 is 25.0 Å². The average Bonchev–Trinajstić information content (AvgIpc) is 2.79. The van der Waals surface area contributed by atoms with Gasteiger partial charge in [-0.1, -0.05) is 0 Å². The number of fused-ring (bicyclic) bond motifs is 1. The largest absolute Gasteiger partial charge is 0.399 e. The molecule has 2 rings (SSSR count). The van der Waals surface area contributed by atoms with Crippen LogP contribution in [0.5, 0.6) is 0 Å². The molecule has 0 fully saturated rings. The van der Waals surface area contributed by atoms with Crippen LogP contribution in [0.2, 0.25) is 0 Å². The van der Waals surface area contributed by atoms with E-state index < -0.39 is 0 Å². The van der Waals surface area contributed by atoms with E-state index in [-0.39, 0.29) is 6.61 Å². The second kappa shape index (κ2) is 6.69. The second-order valence-electron chi connectivity index (χ2n) is 4.88. The zero-order valence-corrected chi connectivity index (χ0v) is 12.0. The van der Waals surface area contributed by atoms with Crippen LogP contribution in [-0.2, 0) is 17.9 Å². The molecule has 1 aromatic carbocycles. The fourth-order valence-electron chi connectivity index (χ4n) is 2.20. The molecule has 0 aliphatic heterocycles. The highest BCUT2D eigenvalue weighted by Gasteiger charge is 2.10. The molecule has 2 aromatic rings. The zero-order chi connectivity index (χ0) is 14.5. The van der Waals surface area contributed by atoms with E-state index in [1.807, 2.05) is 22.8 Å². The number of ether oxygens (including phenoxy) is 1. The fraction of sp³-hybridized carbons (Fsp3) is 0.500. The number of hydrogen-bond donors (Lipinski definition) is 2. The molecule has 0 unspecified atom stereocenters. The predicted molar refractivity (Wildman–Crippen MR) is 79.4 cm³/mol. The molecule has 0 saturated carbocycles. The highest BCUT2D eigenvalue weighted by molar-refractivity contribution is 5.79. The Morgan fingerprint density at radius 1 is 1.40 bits per heavy atom. The number of rotatable bonds is 7. The van der Waals surface area contributed by atoms with Crippen molar-refractivity contribution in [1.82, 2.24) is 14.5 Å². The fourth-order valence-corrected chi connectivity index (χ4v) is 2.20. The Morgan fingerprint density at radius 2 is 2.20 bits per heavy atom. The number of nitrogens with zero attached hydrogens (tertiary/aromatic N) is 3. The van der Waals surface area contributed by atoms with Crippen molar-refractivity contribution >= 4 is 16.7 Å². The number of likely N-dealkylation sites (N-methyl/N-ethyl adjacent to an activating group) is 1. The summed E-state index contributed by atoms with van der Waals surface area (Å²) in [6.45, 7) is 3.16. The molecule has 0 saturated heterocycles. The number of methoxy groups -OCH3 is 1. The van der Waals surface area contributed by atoms with E-state index in [2.05, 4.69) is 16.9 Å². The van der Waals surface area contributed by atoms with Gasteiger partial charge in [0.25, 0.3) is 0 Å². The number of hydrogen-bond acceptors (Lipinski definition) is 5. The van der Waals surface area contributed by atoms with E-state index in [1.54, 1.807) is 7.11 Å². The van der Waals surface area contributed by atoms with Gasteiger partial charge in [0.15, 0.2) is 0 Å². The van der Waals surface area contributed by atoms with Gasteiger partial charge in [-0.15, -0.1) is 0 Å². The third-order valence-corrected chi connectivity index (χ3v) is 3.38. The van der Waals surface area contributed by atoms with Crippen LogP contribution in [-0.4, -0.2) is 53.4 Å². The van der Waals surface area contributed by atoms with Crippen LogP contribution in [0.1, 0.15) is 5.82 Å². The van der Waals surface area contributed by atoms with Crippen molar-refractivity contribution < 1.29 is 9.84 Å². The molecule has 1 aromatic heterocycles. The van der Waals surface area contributed by atoms with Crippen molar-refractivity contribution in [3.63, 3.8) is 0 Å². The maximum atomic E-state index is 9.45. The molecule has 0 aliphatic carbocycles. The molecule has 0 amide bonds. The Labute approximate surface area is 118 Å². The molecule has 6 heteroatoms. The number of aromatic nitrogens is 2. The minimum atomic E-state index is -0.0730. The number of nitrogens with two attached hydrogens (primary N) is 1. The first-order valence-corrected chi connectivity index (χ1v) is 6.68. The second-order valence-corrected chi connectivity index (χ2v) is 4.88. The number of anilines is 1. The maximum absolute atomic E-state index is 9.45. The molecule has 3 N–H and O–H groups in total. The summed E-state index contributed by atoms with van der Waals surface area (Å²) in [6, 6.07) is 5.64. The Balaban J connectivity index is 2.15. The van der Waals surface area contributed by atoms with Gasteiger partial charge in [0, 0.05) is 32.4 Å². The van der Waals surface area contributed by atoms with Crippen LogP contribution in [0.4, 0.5) is 5.69 Å². The third-order valence-electron chi connectivity index (χ3n) is 3.38. The average molecular weight is 278 g/mol. The van der Waals surface area contributed by atoms with Crippen LogP contribution >= 0.6 is 0 Å². The monoisotopic (exact) mass is 278 g/mol. The van der Waals surface area contributed by atoms with Crippen LogP contribution in [0.3, 0.4) is 0 Å².